The van der Waals surface area contributed by atoms with Gasteiger partial charge in [0, 0.05) is 30.1 Å². The van der Waals surface area contributed by atoms with Crippen LogP contribution in [-0.2, 0) is 13.1 Å². The molecule has 0 atom stereocenters. The van der Waals surface area contributed by atoms with Crippen LogP contribution in [0.25, 0.3) is 16.1 Å². The lowest BCUT2D eigenvalue weighted by Crippen LogP contribution is -2.24. The standard InChI is InChI=1S/C24H19FN6O/c1-16-11-19(14-28-23(16)26-2)21-8-10-31(30-21)15-17-6-7-18(20(25)12-17)13-29-24(32)22-5-3-4-9-27-22/h3-12,14H,13,15H2,1H3,(H,29,32). The summed E-state index contributed by atoms with van der Waals surface area (Å²) in [6.45, 7) is 9.40. The average molecular weight is 426 g/mol. The summed E-state index contributed by atoms with van der Waals surface area (Å²) in [5.41, 5.74) is 3.76. The van der Waals surface area contributed by atoms with Crippen LogP contribution in [0.3, 0.4) is 0 Å². The molecule has 32 heavy (non-hydrogen) atoms. The van der Waals surface area contributed by atoms with Gasteiger partial charge in [-0.25, -0.2) is 4.39 Å². The number of rotatable bonds is 6. The number of hydrogen-bond donors (Lipinski definition) is 1. The number of halogens is 1. The maximum atomic E-state index is 14.6. The number of hydrogen-bond acceptors (Lipinski definition) is 4. The summed E-state index contributed by atoms with van der Waals surface area (Å²) in [5.74, 6) is -0.377. The molecule has 0 aliphatic rings. The number of carbonyl (C=O) groups excluding carboxylic acids is 1. The third kappa shape index (κ3) is 4.68. The number of carbonyl (C=O) groups is 1. The van der Waals surface area contributed by atoms with Crippen molar-refractivity contribution in [1.29, 1.82) is 0 Å². The van der Waals surface area contributed by atoms with Gasteiger partial charge >= 0.3 is 0 Å². The minimum Gasteiger partial charge on any atom is -0.360 e. The zero-order chi connectivity index (χ0) is 22.5. The summed E-state index contributed by atoms with van der Waals surface area (Å²) in [5, 5.41) is 7.21. The average Bonchev–Trinajstić information content (AvgIpc) is 3.27. The first-order valence-corrected chi connectivity index (χ1v) is 9.88. The van der Waals surface area contributed by atoms with Gasteiger partial charge in [0.25, 0.3) is 11.7 Å². The van der Waals surface area contributed by atoms with E-state index in [9.17, 15) is 9.18 Å². The van der Waals surface area contributed by atoms with Gasteiger partial charge in [0.05, 0.1) is 12.2 Å². The predicted octanol–water partition coefficient (Wildman–Crippen LogP) is 4.32. The van der Waals surface area contributed by atoms with Gasteiger partial charge in [-0.1, -0.05) is 30.8 Å². The largest absolute Gasteiger partial charge is 0.360 e. The van der Waals surface area contributed by atoms with Gasteiger partial charge in [0.15, 0.2) is 0 Å². The second-order valence-electron chi connectivity index (χ2n) is 7.20. The van der Waals surface area contributed by atoms with Crippen LogP contribution in [-0.4, -0.2) is 25.7 Å². The van der Waals surface area contributed by atoms with E-state index >= 15 is 0 Å². The highest BCUT2D eigenvalue weighted by molar-refractivity contribution is 5.92. The van der Waals surface area contributed by atoms with Crippen molar-refractivity contribution in [1.82, 2.24) is 25.1 Å². The molecular weight excluding hydrogens is 407 g/mol. The number of pyridine rings is 2. The molecule has 4 aromatic rings. The van der Waals surface area contributed by atoms with Gasteiger partial charge in [0.1, 0.15) is 17.7 Å². The van der Waals surface area contributed by atoms with E-state index in [1.807, 2.05) is 31.3 Å². The molecule has 0 aliphatic carbocycles. The molecule has 8 heteroatoms. The summed E-state index contributed by atoms with van der Waals surface area (Å²) >= 11 is 0. The first-order valence-electron chi connectivity index (χ1n) is 9.88. The Morgan fingerprint density at radius 1 is 1.19 bits per heavy atom. The molecule has 4 rings (SSSR count). The van der Waals surface area contributed by atoms with Crippen molar-refractivity contribution in [2.45, 2.75) is 20.0 Å². The highest BCUT2D eigenvalue weighted by Crippen LogP contribution is 2.23. The number of aromatic nitrogens is 4. The molecule has 0 radical (unpaired) electrons. The molecule has 1 N–H and O–H groups in total. The molecule has 0 aliphatic heterocycles. The fourth-order valence-electron chi connectivity index (χ4n) is 3.21. The fourth-order valence-corrected chi connectivity index (χ4v) is 3.21. The van der Waals surface area contributed by atoms with Gasteiger partial charge in [-0.3, -0.25) is 14.5 Å². The molecule has 3 aromatic heterocycles. The van der Waals surface area contributed by atoms with Crippen molar-refractivity contribution >= 4 is 11.7 Å². The molecule has 0 unspecified atom stereocenters. The second kappa shape index (κ2) is 9.18. The number of benzene rings is 1. The molecule has 0 spiro atoms. The topological polar surface area (TPSA) is 77.1 Å². The molecule has 3 heterocycles. The van der Waals surface area contributed by atoms with Crippen molar-refractivity contribution < 1.29 is 9.18 Å². The molecule has 1 amide bonds. The number of amides is 1. The van der Waals surface area contributed by atoms with Crippen LogP contribution in [0.4, 0.5) is 10.2 Å². The van der Waals surface area contributed by atoms with Gasteiger partial charge in [-0.15, -0.1) is 4.98 Å². The zero-order valence-corrected chi connectivity index (χ0v) is 17.3. The SMILES string of the molecule is [C-]#[N+]c1ncc(-c2ccn(Cc3ccc(CNC(=O)c4ccccn4)c(F)c3)n2)cc1C. The van der Waals surface area contributed by atoms with Crippen LogP contribution in [0.15, 0.2) is 67.1 Å². The Kier molecular flexibility index (Phi) is 5.99. The number of aryl methyl sites for hydroxylation is 1. The van der Waals surface area contributed by atoms with Crippen LogP contribution in [0.1, 0.15) is 27.2 Å². The normalized spacial score (nSPS) is 10.5. The summed E-state index contributed by atoms with van der Waals surface area (Å²) in [6, 6.07) is 13.7. The van der Waals surface area contributed by atoms with E-state index in [1.54, 1.807) is 35.1 Å². The van der Waals surface area contributed by atoms with Crippen molar-refractivity contribution in [2.75, 3.05) is 0 Å². The van der Waals surface area contributed by atoms with Crippen molar-refractivity contribution in [2.24, 2.45) is 0 Å². The highest BCUT2D eigenvalue weighted by Gasteiger charge is 2.11. The molecule has 7 nitrogen and oxygen atoms in total. The molecule has 0 fully saturated rings. The van der Waals surface area contributed by atoms with E-state index in [1.165, 1.54) is 12.3 Å². The Morgan fingerprint density at radius 2 is 2.06 bits per heavy atom. The van der Waals surface area contributed by atoms with E-state index in [0.29, 0.717) is 17.9 Å². The van der Waals surface area contributed by atoms with Crippen LogP contribution >= 0.6 is 0 Å². The van der Waals surface area contributed by atoms with E-state index in [4.69, 9.17) is 6.57 Å². The van der Waals surface area contributed by atoms with Crippen LogP contribution in [0, 0.1) is 19.3 Å². The summed E-state index contributed by atoms with van der Waals surface area (Å²) in [6.07, 6.45) is 4.97. The third-order valence-electron chi connectivity index (χ3n) is 4.89. The first kappa shape index (κ1) is 20.9. The molecular formula is C24H19FN6O. The quantitative estimate of drug-likeness (QED) is 0.466. The highest BCUT2D eigenvalue weighted by atomic mass is 19.1. The van der Waals surface area contributed by atoms with Crippen LogP contribution in [0.5, 0.6) is 0 Å². The molecule has 1 aromatic carbocycles. The smallest absolute Gasteiger partial charge is 0.272 e. The molecule has 0 saturated carbocycles. The lowest BCUT2D eigenvalue weighted by Gasteiger charge is -2.08. The van der Waals surface area contributed by atoms with E-state index in [-0.39, 0.29) is 18.1 Å². The Morgan fingerprint density at radius 3 is 2.78 bits per heavy atom. The van der Waals surface area contributed by atoms with E-state index < -0.39 is 5.82 Å². The minimum atomic E-state index is -0.397. The van der Waals surface area contributed by atoms with Gasteiger partial charge in [-0.2, -0.15) is 5.10 Å². The molecule has 0 bridgehead atoms. The molecule has 0 saturated heterocycles. The van der Waals surface area contributed by atoms with Gasteiger partial charge in [0.2, 0.25) is 0 Å². The van der Waals surface area contributed by atoms with Crippen molar-refractivity contribution in [3.05, 3.63) is 107 Å². The third-order valence-corrected chi connectivity index (χ3v) is 4.89. The van der Waals surface area contributed by atoms with Gasteiger partial charge < -0.3 is 10.2 Å². The van der Waals surface area contributed by atoms with Gasteiger partial charge in [-0.05, 0) is 42.3 Å². The molecule has 158 valence electrons. The maximum absolute atomic E-state index is 14.6. The number of nitrogens with zero attached hydrogens (tertiary/aromatic N) is 5. The Balaban J connectivity index is 1.41. The Bertz CT molecular complexity index is 1310. The predicted molar refractivity (Wildman–Crippen MR) is 117 cm³/mol. The Hall–Kier alpha value is -4.38. The summed E-state index contributed by atoms with van der Waals surface area (Å²) in [7, 11) is 0. The minimum absolute atomic E-state index is 0.0698. The van der Waals surface area contributed by atoms with Crippen molar-refractivity contribution in [3.63, 3.8) is 0 Å². The Labute approximate surface area is 184 Å². The van der Waals surface area contributed by atoms with Crippen molar-refractivity contribution in [3.8, 4) is 11.3 Å². The van der Waals surface area contributed by atoms with Crippen LogP contribution < -0.4 is 5.32 Å². The summed E-state index contributed by atoms with van der Waals surface area (Å²) in [4.78, 5) is 23.6. The first-order chi connectivity index (χ1) is 15.5. The lowest BCUT2D eigenvalue weighted by atomic mass is 10.1. The number of nitrogens with one attached hydrogen (secondary N) is 1. The monoisotopic (exact) mass is 426 g/mol. The fraction of sp³-hybridized carbons (Fsp3) is 0.125. The van der Waals surface area contributed by atoms with E-state index in [0.717, 1.165) is 22.4 Å². The summed E-state index contributed by atoms with van der Waals surface area (Å²) < 4.78 is 16.3. The van der Waals surface area contributed by atoms with Crippen LogP contribution in [0.2, 0.25) is 0 Å². The van der Waals surface area contributed by atoms with E-state index in [2.05, 4.69) is 25.2 Å². The lowest BCUT2D eigenvalue weighted by molar-refractivity contribution is 0.0945. The zero-order valence-electron chi connectivity index (χ0n) is 17.3. The maximum Gasteiger partial charge on any atom is 0.272 e. The second-order valence-corrected chi connectivity index (χ2v) is 7.20.